The van der Waals surface area contributed by atoms with E-state index < -0.39 is 22.7 Å². The van der Waals surface area contributed by atoms with E-state index in [-0.39, 0.29) is 6.61 Å². The van der Waals surface area contributed by atoms with Crippen LogP contribution in [-0.2, 0) is 20.9 Å². The highest BCUT2D eigenvalue weighted by atomic mass is 32.2. The second kappa shape index (κ2) is 12.0. The average molecular weight is 420 g/mol. The molecule has 1 heterocycles. The van der Waals surface area contributed by atoms with Crippen molar-refractivity contribution >= 4 is 23.7 Å². The van der Waals surface area contributed by atoms with Crippen molar-refractivity contribution in [1.29, 1.82) is 0 Å². The normalized spacial score (nSPS) is 23.4. The van der Waals surface area contributed by atoms with Crippen LogP contribution >= 0.6 is 11.8 Å². The van der Waals surface area contributed by atoms with E-state index in [9.17, 15) is 9.59 Å². The second-order valence-corrected chi connectivity index (χ2v) is 8.81. The van der Waals surface area contributed by atoms with Crippen molar-refractivity contribution in [2.24, 2.45) is 11.7 Å². The van der Waals surface area contributed by atoms with Gasteiger partial charge in [0.15, 0.2) is 5.54 Å². The van der Waals surface area contributed by atoms with Gasteiger partial charge in [-0.25, -0.2) is 4.79 Å². The van der Waals surface area contributed by atoms with Crippen LogP contribution in [0.15, 0.2) is 41.8 Å². The van der Waals surface area contributed by atoms with Gasteiger partial charge in [-0.05, 0) is 23.0 Å². The maximum atomic E-state index is 11.9. The maximum absolute atomic E-state index is 11.9. The van der Waals surface area contributed by atoms with Gasteiger partial charge in [-0.15, -0.1) is 11.8 Å². The van der Waals surface area contributed by atoms with Crippen LogP contribution in [0.25, 0.3) is 0 Å². The first-order valence-corrected chi connectivity index (χ1v) is 11.5. The Morgan fingerprint density at radius 1 is 1.21 bits per heavy atom. The molecule has 5 nitrogen and oxygen atoms in total. The average Bonchev–Trinajstić information content (AvgIpc) is 3.38. The highest BCUT2D eigenvalue weighted by Crippen LogP contribution is 2.33. The summed E-state index contributed by atoms with van der Waals surface area (Å²) < 4.78 is 5.11. The fourth-order valence-electron chi connectivity index (χ4n) is 3.65. The van der Waals surface area contributed by atoms with Crippen molar-refractivity contribution in [2.45, 2.75) is 75.7 Å². The van der Waals surface area contributed by atoms with Crippen molar-refractivity contribution in [3.63, 3.8) is 0 Å². The van der Waals surface area contributed by atoms with Gasteiger partial charge in [-0.2, -0.15) is 0 Å². The van der Waals surface area contributed by atoms with E-state index in [2.05, 4.69) is 6.92 Å². The number of carboxylic acid groups (broad SMARTS) is 1. The van der Waals surface area contributed by atoms with Gasteiger partial charge in [-0.3, -0.25) is 4.79 Å². The van der Waals surface area contributed by atoms with Crippen LogP contribution in [0, 0.1) is 5.92 Å². The van der Waals surface area contributed by atoms with E-state index in [1.807, 2.05) is 30.3 Å². The topological polar surface area (TPSA) is 89.6 Å². The van der Waals surface area contributed by atoms with E-state index in [1.165, 1.54) is 62.9 Å². The van der Waals surface area contributed by atoms with Crippen LogP contribution in [0.1, 0.15) is 63.9 Å². The summed E-state index contributed by atoms with van der Waals surface area (Å²) in [7, 11) is 0. The molecule has 1 fully saturated rings. The number of carbonyl (C=O) groups is 2. The summed E-state index contributed by atoms with van der Waals surface area (Å²) in [6, 6.07) is 9.16. The molecule has 0 saturated heterocycles. The maximum Gasteiger partial charge on any atom is 0.329 e. The van der Waals surface area contributed by atoms with Gasteiger partial charge in [0.2, 0.25) is 0 Å². The Balaban J connectivity index is 0.000000253. The number of unbranched alkanes of at least 4 members (excludes halogenated alkanes) is 2. The molecule has 3 rings (SSSR count). The molecule has 160 valence electrons. The molecule has 6 heteroatoms. The van der Waals surface area contributed by atoms with E-state index in [0.717, 1.165) is 23.2 Å². The monoisotopic (exact) mass is 419 g/mol. The first-order chi connectivity index (χ1) is 14.0. The fraction of sp³-hybridized carbons (Fsp3) is 0.565. The zero-order chi connectivity index (χ0) is 21.1. The Bertz CT molecular complexity index is 673. The highest BCUT2D eigenvalue weighted by Gasteiger charge is 2.48. The largest absolute Gasteiger partial charge is 0.480 e. The summed E-state index contributed by atoms with van der Waals surface area (Å²) in [4.78, 5) is 23.0. The Morgan fingerprint density at radius 2 is 1.90 bits per heavy atom. The lowest BCUT2D eigenvalue weighted by Gasteiger charge is -2.23. The smallest absolute Gasteiger partial charge is 0.329 e. The van der Waals surface area contributed by atoms with Gasteiger partial charge in [-0.1, -0.05) is 88.6 Å². The number of hydrogen-bond acceptors (Lipinski definition) is 5. The summed E-state index contributed by atoms with van der Waals surface area (Å²) >= 11 is 1.06. The van der Waals surface area contributed by atoms with Crippen LogP contribution in [0.2, 0.25) is 0 Å². The Morgan fingerprint density at radius 3 is 2.52 bits per heavy atom. The summed E-state index contributed by atoms with van der Waals surface area (Å²) in [6.07, 6.45) is 13.2. The molecule has 1 aromatic rings. The van der Waals surface area contributed by atoms with Crippen LogP contribution < -0.4 is 5.73 Å². The lowest BCUT2D eigenvalue weighted by atomic mass is 9.97. The molecule has 1 aliphatic heterocycles. The zero-order valence-corrected chi connectivity index (χ0v) is 18.0. The molecular formula is C23H33NO4S. The fourth-order valence-corrected chi connectivity index (χ4v) is 4.70. The standard InChI is InChI=1S/C13H13NO4S.C10H20/c14-13(12(16)17)6-7-19-10(13)11(15)18-8-9-4-2-1-3-5-9;1-2-3-4-7-10-8-5-6-9-10/h1-7,10H,8,14H2,(H,16,17);10H,2-9H2,1H3. The number of esters is 1. The van der Waals surface area contributed by atoms with Crippen molar-refractivity contribution < 1.29 is 19.4 Å². The third-order valence-electron chi connectivity index (χ3n) is 5.49. The molecule has 1 aromatic carbocycles. The van der Waals surface area contributed by atoms with Gasteiger partial charge in [0.25, 0.3) is 0 Å². The number of aliphatic carboxylic acids is 1. The molecule has 29 heavy (non-hydrogen) atoms. The van der Waals surface area contributed by atoms with Crippen molar-refractivity contribution in [3.8, 4) is 0 Å². The summed E-state index contributed by atoms with van der Waals surface area (Å²) in [5.41, 5.74) is 4.85. The third kappa shape index (κ3) is 7.19. The van der Waals surface area contributed by atoms with Crippen LogP contribution in [0.5, 0.6) is 0 Å². The number of carbonyl (C=O) groups excluding carboxylic acids is 1. The first-order valence-electron chi connectivity index (χ1n) is 10.5. The molecule has 2 atom stereocenters. The van der Waals surface area contributed by atoms with E-state index in [1.54, 1.807) is 0 Å². The number of benzene rings is 1. The SMILES string of the molecule is CCCCCC1CCCC1.NC1(C(=O)O)C=CSC1C(=O)OCc1ccccc1. The van der Waals surface area contributed by atoms with Gasteiger partial charge >= 0.3 is 11.9 Å². The molecule has 0 spiro atoms. The van der Waals surface area contributed by atoms with E-state index >= 15 is 0 Å². The van der Waals surface area contributed by atoms with Gasteiger partial charge in [0.05, 0.1) is 0 Å². The predicted octanol–water partition coefficient (Wildman–Crippen LogP) is 4.90. The number of hydrogen-bond donors (Lipinski definition) is 2. The second-order valence-electron chi connectivity index (χ2n) is 7.80. The molecule has 3 N–H and O–H groups in total. The number of thioether (sulfide) groups is 1. The first kappa shape index (κ1) is 23.5. The van der Waals surface area contributed by atoms with Gasteiger partial charge < -0.3 is 15.6 Å². The van der Waals surface area contributed by atoms with E-state index in [4.69, 9.17) is 15.6 Å². The lowest BCUT2D eigenvalue weighted by molar-refractivity contribution is -0.151. The third-order valence-corrected chi connectivity index (χ3v) is 6.64. The van der Waals surface area contributed by atoms with E-state index in [0.29, 0.717) is 0 Å². The summed E-state index contributed by atoms with van der Waals surface area (Å²) in [5, 5.41) is 9.65. The summed E-state index contributed by atoms with van der Waals surface area (Å²) in [5.74, 6) is -0.745. The number of nitrogens with two attached hydrogens (primary N) is 1. The molecule has 0 radical (unpaired) electrons. The van der Waals surface area contributed by atoms with Crippen molar-refractivity contribution in [1.82, 2.24) is 0 Å². The Labute approximate surface area is 178 Å². The van der Waals surface area contributed by atoms with Crippen LogP contribution in [-0.4, -0.2) is 27.8 Å². The van der Waals surface area contributed by atoms with Crippen molar-refractivity contribution in [2.75, 3.05) is 0 Å². The molecule has 2 unspecified atom stereocenters. The minimum absolute atomic E-state index is 0.104. The van der Waals surface area contributed by atoms with Gasteiger partial charge in [0, 0.05) is 0 Å². The summed E-state index contributed by atoms with van der Waals surface area (Å²) in [6.45, 7) is 2.39. The molecule has 0 aromatic heterocycles. The van der Waals surface area contributed by atoms with Crippen LogP contribution in [0.4, 0.5) is 0 Å². The molecular weight excluding hydrogens is 386 g/mol. The minimum Gasteiger partial charge on any atom is -0.480 e. The molecule has 0 amide bonds. The minimum atomic E-state index is -1.70. The highest BCUT2D eigenvalue weighted by molar-refractivity contribution is 8.03. The number of carboxylic acids is 1. The molecule has 1 aliphatic carbocycles. The zero-order valence-electron chi connectivity index (χ0n) is 17.2. The van der Waals surface area contributed by atoms with Crippen LogP contribution in [0.3, 0.4) is 0 Å². The Kier molecular flexibility index (Phi) is 9.74. The van der Waals surface area contributed by atoms with Crippen molar-refractivity contribution in [3.05, 3.63) is 47.4 Å². The Hall–Kier alpha value is -1.79. The number of ether oxygens (including phenoxy) is 1. The predicted molar refractivity (Wildman–Crippen MR) is 117 cm³/mol. The lowest BCUT2D eigenvalue weighted by Crippen LogP contribution is -2.55. The molecule has 2 aliphatic rings. The molecule has 0 bridgehead atoms. The quantitative estimate of drug-likeness (QED) is 0.460. The number of rotatable bonds is 8. The van der Waals surface area contributed by atoms with Gasteiger partial charge in [0.1, 0.15) is 11.9 Å². The molecule has 1 saturated carbocycles.